The maximum atomic E-state index is 10.9. The molecule has 0 heterocycles. The average molecular weight is 207 g/mol. The summed E-state index contributed by atoms with van der Waals surface area (Å²) in [5, 5.41) is 3.02. The Bertz CT molecular complexity index is 360. The molecule has 1 rings (SSSR count). The highest BCUT2D eigenvalue weighted by molar-refractivity contribution is 5.59. The maximum Gasteiger partial charge on any atom is 0.508 e. The van der Waals surface area contributed by atoms with Crippen LogP contribution in [0, 0.1) is 0 Å². The van der Waals surface area contributed by atoms with E-state index >= 15 is 0 Å². The second-order valence-corrected chi connectivity index (χ2v) is 2.53. The minimum atomic E-state index is -0.855. The number of carbonyl (C=O) groups excluding carboxylic acids is 1. The molecule has 0 saturated heterocycles. The van der Waals surface area contributed by atoms with E-state index in [2.05, 4.69) is 14.8 Å². The van der Waals surface area contributed by atoms with Crippen LogP contribution in [0.1, 0.15) is 5.56 Å². The summed E-state index contributed by atoms with van der Waals surface area (Å²) in [6, 6.07) is 9.18. The number of benzene rings is 1. The lowest BCUT2D eigenvalue weighted by atomic mass is 10.2. The molecule has 1 aromatic carbocycles. The lowest BCUT2D eigenvalue weighted by Gasteiger charge is -2.03. The van der Waals surface area contributed by atoms with Crippen molar-refractivity contribution in [3.63, 3.8) is 0 Å². The van der Waals surface area contributed by atoms with Crippen LogP contribution in [0.25, 0.3) is 10.4 Å². The highest BCUT2D eigenvalue weighted by Gasteiger charge is 2.02. The fraction of sp³-hybridized carbons (Fsp3) is 0.222. The summed E-state index contributed by atoms with van der Waals surface area (Å²) in [5.41, 5.74) is 8.77. The number of hydrogen-bond acceptors (Lipinski definition) is 4. The molecule has 15 heavy (non-hydrogen) atoms. The van der Waals surface area contributed by atoms with Gasteiger partial charge in [-0.1, -0.05) is 35.4 Å². The number of nitrogens with zero attached hydrogens (tertiary/aromatic N) is 3. The van der Waals surface area contributed by atoms with Crippen molar-refractivity contribution in [3.05, 3.63) is 46.3 Å². The predicted molar refractivity (Wildman–Crippen MR) is 51.7 cm³/mol. The Morgan fingerprint density at radius 1 is 1.33 bits per heavy atom. The fourth-order valence-corrected chi connectivity index (χ4v) is 0.866. The molecule has 0 fully saturated rings. The molecule has 6 heteroatoms. The van der Waals surface area contributed by atoms with E-state index in [1.807, 2.05) is 30.3 Å². The third kappa shape index (κ3) is 4.54. The quantitative estimate of drug-likeness (QED) is 0.329. The monoisotopic (exact) mass is 207 g/mol. The van der Waals surface area contributed by atoms with Gasteiger partial charge in [0.05, 0.1) is 0 Å². The van der Waals surface area contributed by atoms with E-state index in [1.54, 1.807) is 0 Å². The van der Waals surface area contributed by atoms with E-state index < -0.39 is 6.16 Å². The third-order valence-corrected chi connectivity index (χ3v) is 1.50. The van der Waals surface area contributed by atoms with E-state index in [9.17, 15) is 4.79 Å². The van der Waals surface area contributed by atoms with Crippen LogP contribution in [0.3, 0.4) is 0 Å². The highest BCUT2D eigenvalue weighted by atomic mass is 16.7. The van der Waals surface area contributed by atoms with Crippen molar-refractivity contribution < 1.29 is 14.3 Å². The highest BCUT2D eigenvalue weighted by Crippen LogP contribution is 2.01. The summed E-state index contributed by atoms with van der Waals surface area (Å²) in [6.45, 7) is -0.222. The van der Waals surface area contributed by atoms with Crippen LogP contribution < -0.4 is 0 Å². The van der Waals surface area contributed by atoms with Crippen LogP contribution in [-0.4, -0.2) is 12.9 Å². The minimum Gasteiger partial charge on any atom is -0.429 e. The van der Waals surface area contributed by atoms with Crippen LogP contribution in [0.4, 0.5) is 4.79 Å². The molecule has 0 spiro atoms. The number of carbonyl (C=O) groups is 1. The van der Waals surface area contributed by atoms with Gasteiger partial charge in [0.1, 0.15) is 6.61 Å². The van der Waals surface area contributed by atoms with E-state index in [4.69, 9.17) is 10.3 Å². The molecule has 0 radical (unpaired) electrons. The topological polar surface area (TPSA) is 84.3 Å². The summed E-state index contributed by atoms with van der Waals surface area (Å²) in [4.78, 5) is 13.3. The van der Waals surface area contributed by atoms with Crippen molar-refractivity contribution in [1.82, 2.24) is 0 Å². The van der Waals surface area contributed by atoms with Gasteiger partial charge in [0.25, 0.3) is 0 Å². The zero-order chi connectivity index (χ0) is 10.9. The fourth-order valence-electron chi connectivity index (χ4n) is 0.866. The van der Waals surface area contributed by atoms with E-state index in [0.29, 0.717) is 0 Å². The zero-order valence-electron chi connectivity index (χ0n) is 7.87. The van der Waals surface area contributed by atoms with Crippen molar-refractivity contribution in [3.8, 4) is 0 Å². The Balaban J connectivity index is 2.25. The van der Waals surface area contributed by atoms with Gasteiger partial charge < -0.3 is 9.47 Å². The largest absolute Gasteiger partial charge is 0.508 e. The van der Waals surface area contributed by atoms with Crippen LogP contribution in [0.15, 0.2) is 35.4 Å². The van der Waals surface area contributed by atoms with Gasteiger partial charge in [-0.15, -0.1) is 0 Å². The number of ether oxygens (including phenoxy) is 2. The number of hydrogen-bond donors (Lipinski definition) is 0. The summed E-state index contributed by atoms with van der Waals surface area (Å²) in [7, 11) is 0. The molecule has 0 saturated carbocycles. The molecule has 0 bridgehead atoms. The van der Waals surface area contributed by atoms with Gasteiger partial charge in [-0.05, 0) is 11.1 Å². The first kappa shape index (κ1) is 10.9. The van der Waals surface area contributed by atoms with Crippen LogP contribution in [-0.2, 0) is 16.1 Å². The summed E-state index contributed by atoms with van der Waals surface area (Å²) < 4.78 is 9.15. The molecule has 0 aliphatic rings. The normalized spacial score (nSPS) is 8.80. The molecule has 0 aliphatic heterocycles. The van der Waals surface area contributed by atoms with Crippen LogP contribution in [0.5, 0.6) is 0 Å². The van der Waals surface area contributed by atoms with Gasteiger partial charge >= 0.3 is 6.16 Å². The second kappa shape index (κ2) is 6.28. The molecule has 0 amide bonds. The molecule has 6 nitrogen and oxygen atoms in total. The standard InChI is InChI=1S/C9H9N3O3/c10-12-11-7-15-9(13)14-6-8-4-2-1-3-5-8/h1-5H,6-7H2. The van der Waals surface area contributed by atoms with Crippen LogP contribution in [0.2, 0.25) is 0 Å². The Morgan fingerprint density at radius 2 is 2.07 bits per heavy atom. The first-order chi connectivity index (χ1) is 7.33. The smallest absolute Gasteiger partial charge is 0.429 e. The van der Waals surface area contributed by atoms with Crippen molar-refractivity contribution >= 4 is 6.16 Å². The Hall–Kier alpha value is -2.20. The zero-order valence-corrected chi connectivity index (χ0v) is 7.87. The number of azide groups is 1. The van der Waals surface area contributed by atoms with Gasteiger partial charge in [0, 0.05) is 4.91 Å². The molecular formula is C9H9N3O3. The SMILES string of the molecule is [N-]=[N+]=NCOC(=O)OCc1ccccc1. The van der Waals surface area contributed by atoms with E-state index in [-0.39, 0.29) is 13.3 Å². The molecule has 0 unspecified atom stereocenters. The summed E-state index contributed by atoms with van der Waals surface area (Å²) >= 11 is 0. The molecule has 0 aromatic heterocycles. The summed E-state index contributed by atoms with van der Waals surface area (Å²) in [6.07, 6.45) is -0.855. The van der Waals surface area contributed by atoms with Crippen molar-refractivity contribution in [2.45, 2.75) is 6.61 Å². The molecule has 78 valence electrons. The minimum absolute atomic E-state index is 0.135. The third-order valence-electron chi connectivity index (χ3n) is 1.50. The summed E-state index contributed by atoms with van der Waals surface area (Å²) in [5.74, 6) is 0. The Kier molecular flexibility index (Phi) is 4.56. The molecular weight excluding hydrogens is 198 g/mol. The van der Waals surface area contributed by atoms with E-state index in [1.165, 1.54) is 0 Å². The number of rotatable bonds is 4. The lowest BCUT2D eigenvalue weighted by molar-refractivity contribution is 0.0517. The van der Waals surface area contributed by atoms with Crippen molar-refractivity contribution in [2.24, 2.45) is 5.11 Å². The molecule has 1 aromatic rings. The average Bonchev–Trinajstić information content (AvgIpc) is 2.28. The molecule has 0 N–H and O–H groups in total. The van der Waals surface area contributed by atoms with Crippen molar-refractivity contribution in [1.29, 1.82) is 0 Å². The van der Waals surface area contributed by atoms with Crippen molar-refractivity contribution in [2.75, 3.05) is 6.73 Å². The van der Waals surface area contributed by atoms with Gasteiger partial charge in [0.15, 0.2) is 6.73 Å². The van der Waals surface area contributed by atoms with Gasteiger partial charge in [-0.25, -0.2) is 4.79 Å². The molecule has 0 atom stereocenters. The molecule has 0 aliphatic carbocycles. The lowest BCUT2D eigenvalue weighted by Crippen LogP contribution is -2.07. The van der Waals surface area contributed by atoms with Crippen LogP contribution >= 0.6 is 0 Å². The Morgan fingerprint density at radius 3 is 2.73 bits per heavy atom. The van der Waals surface area contributed by atoms with Gasteiger partial charge in [0.2, 0.25) is 0 Å². The predicted octanol–water partition coefficient (Wildman–Crippen LogP) is 2.61. The van der Waals surface area contributed by atoms with Gasteiger partial charge in [-0.3, -0.25) is 0 Å². The maximum absolute atomic E-state index is 10.9. The van der Waals surface area contributed by atoms with E-state index in [0.717, 1.165) is 5.56 Å². The first-order valence-electron chi connectivity index (χ1n) is 4.17. The van der Waals surface area contributed by atoms with Gasteiger partial charge in [-0.2, -0.15) is 0 Å². The second-order valence-electron chi connectivity index (χ2n) is 2.53. The first-order valence-corrected chi connectivity index (χ1v) is 4.17. The Labute approximate surface area is 86.0 Å².